The SMILES string of the molecule is CCCC(C(=O)N1CCC2CCC(C1)N2)c1ccccc1.Cl. The molecule has 2 aliphatic heterocycles. The largest absolute Gasteiger partial charge is 0.341 e. The van der Waals surface area contributed by atoms with Crippen LogP contribution in [0.1, 0.15) is 50.5 Å². The summed E-state index contributed by atoms with van der Waals surface area (Å²) in [5, 5.41) is 3.65. The van der Waals surface area contributed by atoms with E-state index in [1.807, 2.05) is 18.2 Å². The van der Waals surface area contributed by atoms with Crippen LogP contribution in [-0.4, -0.2) is 36.0 Å². The summed E-state index contributed by atoms with van der Waals surface area (Å²) in [6, 6.07) is 11.4. The van der Waals surface area contributed by atoms with Crippen LogP contribution in [0.3, 0.4) is 0 Å². The van der Waals surface area contributed by atoms with Gasteiger partial charge in [-0.05, 0) is 31.2 Å². The van der Waals surface area contributed by atoms with Gasteiger partial charge < -0.3 is 10.2 Å². The topological polar surface area (TPSA) is 32.3 Å². The molecule has 0 radical (unpaired) electrons. The molecule has 2 aliphatic rings. The van der Waals surface area contributed by atoms with Gasteiger partial charge in [-0.2, -0.15) is 0 Å². The van der Waals surface area contributed by atoms with Crippen molar-refractivity contribution in [1.29, 1.82) is 0 Å². The van der Waals surface area contributed by atoms with Crippen LogP contribution in [0.2, 0.25) is 0 Å². The van der Waals surface area contributed by atoms with E-state index in [0.717, 1.165) is 32.4 Å². The number of nitrogens with zero attached hydrogens (tertiary/aromatic N) is 1. The van der Waals surface area contributed by atoms with Crippen LogP contribution in [0, 0.1) is 0 Å². The predicted octanol–water partition coefficient (Wildman–Crippen LogP) is 3.35. The van der Waals surface area contributed by atoms with E-state index in [4.69, 9.17) is 0 Å². The van der Waals surface area contributed by atoms with Gasteiger partial charge in [-0.3, -0.25) is 4.79 Å². The maximum atomic E-state index is 13.0. The minimum Gasteiger partial charge on any atom is -0.341 e. The standard InChI is InChI=1S/C18H26N2O.ClH/c1-2-6-17(14-7-4-3-5-8-14)18(21)20-12-11-15-9-10-16(13-20)19-15;/h3-5,7-8,15-17,19H,2,6,9-13H2,1H3;1H. The van der Waals surface area contributed by atoms with Crippen LogP contribution < -0.4 is 5.32 Å². The quantitative estimate of drug-likeness (QED) is 0.922. The van der Waals surface area contributed by atoms with Crippen LogP contribution in [0.25, 0.3) is 0 Å². The summed E-state index contributed by atoms with van der Waals surface area (Å²) in [6.07, 6.45) is 5.60. The van der Waals surface area contributed by atoms with Gasteiger partial charge in [0, 0.05) is 25.2 Å². The Morgan fingerprint density at radius 2 is 1.95 bits per heavy atom. The maximum absolute atomic E-state index is 13.0. The lowest BCUT2D eigenvalue weighted by molar-refractivity contribution is -0.133. The molecule has 2 bridgehead atoms. The molecule has 1 amide bonds. The third-order valence-electron chi connectivity index (χ3n) is 4.91. The lowest BCUT2D eigenvalue weighted by Crippen LogP contribution is -2.41. The summed E-state index contributed by atoms with van der Waals surface area (Å²) in [5.74, 6) is 0.366. The average Bonchev–Trinajstić information content (AvgIpc) is 2.84. The van der Waals surface area contributed by atoms with E-state index in [-0.39, 0.29) is 18.3 Å². The molecule has 0 spiro atoms. The Hall–Kier alpha value is -1.06. The minimum atomic E-state index is 0. The first-order valence-corrected chi connectivity index (χ1v) is 8.37. The van der Waals surface area contributed by atoms with Crippen molar-refractivity contribution in [2.45, 2.75) is 57.0 Å². The van der Waals surface area contributed by atoms with Crippen molar-refractivity contribution in [3.63, 3.8) is 0 Å². The molecule has 1 N–H and O–H groups in total. The maximum Gasteiger partial charge on any atom is 0.230 e. The molecule has 3 rings (SSSR count). The first-order chi connectivity index (χ1) is 10.3. The van der Waals surface area contributed by atoms with Crippen LogP contribution in [0.15, 0.2) is 30.3 Å². The van der Waals surface area contributed by atoms with Crippen molar-refractivity contribution >= 4 is 18.3 Å². The molecule has 22 heavy (non-hydrogen) atoms. The third kappa shape index (κ3) is 3.82. The molecule has 2 fully saturated rings. The first-order valence-electron chi connectivity index (χ1n) is 8.37. The smallest absolute Gasteiger partial charge is 0.230 e. The normalized spacial score (nSPS) is 25.2. The van der Waals surface area contributed by atoms with E-state index in [1.54, 1.807) is 0 Å². The van der Waals surface area contributed by atoms with Gasteiger partial charge in [-0.15, -0.1) is 12.4 Å². The highest BCUT2D eigenvalue weighted by molar-refractivity contribution is 5.85. The van der Waals surface area contributed by atoms with Gasteiger partial charge in [-0.1, -0.05) is 43.7 Å². The number of carbonyl (C=O) groups excluding carboxylic acids is 1. The summed E-state index contributed by atoms with van der Waals surface area (Å²) in [4.78, 5) is 15.1. The van der Waals surface area contributed by atoms with Crippen LogP contribution >= 0.6 is 12.4 Å². The van der Waals surface area contributed by atoms with Crippen molar-refractivity contribution in [1.82, 2.24) is 10.2 Å². The predicted molar refractivity (Wildman–Crippen MR) is 92.5 cm³/mol. The number of halogens is 1. The highest BCUT2D eigenvalue weighted by atomic mass is 35.5. The second kappa shape index (κ2) is 7.98. The average molecular weight is 323 g/mol. The Balaban J connectivity index is 0.00000176. The number of benzene rings is 1. The van der Waals surface area contributed by atoms with Crippen molar-refractivity contribution in [2.75, 3.05) is 13.1 Å². The highest BCUT2D eigenvalue weighted by Gasteiger charge is 2.33. The van der Waals surface area contributed by atoms with Gasteiger partial charge >= 0.3 is 0 Å². The monoisotopic (exact) mass is 322 g/mol. The number of rotatable bonds is 4. The molecule has 3 atom stereocenters. The number of hydrogen-bond acceptors (Lipinski definition) is 2. The highest BCUT2D eigenvalue weighted by Crippen LogP contribution is 2.27. The van der Waals surface area contributed by atoms with Crippen LogP contribution in [-0.2, 0) is 4.79 Å². The Morgan fingerprint density at radius 1 is 1.23 bits per heavy atom. The van der Waals surface area contributed by atoms with E-state index in [9.17, 15) is 4.79 Å². The fourth-order valence-electron chi connectivity index (χ4n) is 3.77. The molecule has 2 saturated heterocycles. The Labute approximate surface area is 139 Å². The zero-order valence-corrected chi connectivity index (χ0v) is 14.1. The van der Waals surface area contributed by atoms with Crippen molar-refractivity contribution in [3.8, 4) is 0 Å². The molecular weight excluding hydrogens is 296 g/mol. The molecule has 1 aromatic carbocycles. The number of hydrogen-bond donors (Lipinski definition) is 1. The fourth-order valence-corrected chi connectivity index (χ4v) is 3.77. The van der Waals surface area contributed by atoms with E-state index in [2.05, 4.69) is 29.3 Å². The number of nitrogens with one attached hydrogen (secondary N) is 1. The number of carbonyl (C=O) groups is 1. The summed E-state index contributed by atoms with van der Waals surface area (Å²) < 4.78 is 0. The molecule has 3 nitrogen and oxygen atoms in total. The number of amides is 1. The summed E-state index contributed by atoms with van der Waals surface area (Å²) in [7, 11) is 0. The Morgan fingerprint density at radius 3 is 2.68 bits per heavy atom. The molecule has 0 saturated carbocycles. The molecule has 3 unspecified atom stereocenters. The van der Waals surface area contributed by atoms with Gasteiger partial charge in [0.2, 0.25) is 5.91 Å². The molecule has 2 heterocycles. The lowest BCUT2D eigenvalue weighted by atomic mass is 9.92. The Kier molecular flexibility index (Phi) is 6.27. The zero-order chi connectivity index (χ0) is 14.7. The van der Waals surface area contributed by atoms with Gasteiger partial charge in [0.15, 0.2) is 0 Å². The number of likely N-dealkylation sites (tertiary alicyclic amines) is 1. The molecule has 0 aliphatic carbocycles. The van der Waals surface area contributed by atoms with Crippen molar-refractivity contribution < 1.29 is 4.79 Å². The molecule has 4 heteroatoms. The van der Waals surface area contributed by atoms with Crippen LogP contribution in [0.5, 0.6) is 0 Å². The van der Waals surface area contributed by atoms with Crippen molar-refractivity contribution in [2.24, 2.45) is 0 Å². The van der Waals surface area contributed by atoms with Crippen molar-refractivity contribution in [3.05, 3.63) is 35.9 Å². The molecule has 0 aromatic heterocycles. The van der Waals surface area contributed by atoms with E-state index >= 15 is 0 Å². The van der Waals surface area contributed by atoms with Crippen LogP contribution in [0.4, 0.5) is 0 Å². The fraction of sp³-hybridized carbons (Fsp3) is 0.611. The molecule has 122 valence electrons. The van der Waals surface area contributed by atoms with Gasteiger partial charge in [0.1, 0.15) is 0 Å². The number of fused-ring (bicyclic) bond motifs is 2. The summed E-state index contributed by atoms with van der Waals surface area (Å²) in [5.41, 5.74) is 1.17. The Bertz CT molecular complexity index is 479. The second-order valence-electron chi connectivity index (χ2n) is 6.46. The molecule has 1 aromatic rings. The van der Waals surface area contributed by atoms with Gasteiger partial charge in [0.25, 0.3) is 0 Å². The van der Waals surface area contributed by atoms with Gasteiger partial charge in [0.05, 0.1) is 5.92 Å². The third-order valence-corrected chi connectivity index (χ3v) is 4.91. The van der Waals surface area contributed by atoms with Gasteiger partial charge in [-0.25, -0.2) is 0 Å². The zero-order valence-electron chi connectivity index (χ0n) is 13.3. The molecular formula is C18H27ClN2O. The second-order valence-corrected chi connectivity index (χ2v) is 6.46. The summed E-state index contributed by atoms with van der Waals surface area (Å²) >= 11 is 0. The van der Waals surface area contributed by atoms with E-state index < -0.39 is 0 Å². The summed E-state index contributed by atoms with van der Waals surface area (Å²) in [6.45, 7) is 3.97. The lowest BCUT2D eigenvalue weighted by Gasteiger charge is -2.29. The first kappa shape index (κ1) is 17.3. The minimum absolute atomic E-state index is 0. The van der Waals surface area contributed by atoms with E-state index in [1.165, 1.54) is 18.4 Å². The van der Waals surface area contributed by atoms with E-state index in [0.29, 0.717) is 18.0 Å².